The van der Waals surface area contributed by atoms with Gasteiger partial charge in [0.1, 0.15) is 10.7 Å². The van der Waals surface area contributed by atoms with Gasteiger partial charge in [-0.25, -0.2) is 13.4 Å². The van der Waals surface area contributed by atoms with Crippen LogP contribution in [-0.2, 0) is 9.84 Å². The van der Waals surface area contributed by atoms with E-state index in [-0.39, 0.29) is 15.6 Å². The summed E-state index contributed by atoms with van der Waals surface area (Å²) in [5, 5.41) is 0. The number of rotatable bonds is 5. The lowest BCUT2D eigenvalue weighted by Crippen LogP contribution is -2.25. The lowest BCUT2D eigenvalue weighted by Gasteiger charge is -2.19. The van der Waals surface area contributed by atoms with Gasteiger partial charge in [-0.1, -0.05) is 18.2 Å². The molecule has 0 saturated carbocycles. The Morgan fingerprint density at radius 1 is 1.14 bits per heavy atom. The molecule has 2 N–H and O–H groups in total. The Hall–Kier alpha value is -2.15. The Balaban J connectivity index is 2.47. The number of hydrogen-bond donors (Lipinski definition) is 1. The maximum absolute atomic E-state index is 12.5. The van der Waals surface area contributed by atoms with E-state index in [1.165, 1.54) is 18.3 Å². The average molecular weight is 306 g/mol. The molecule has 0 aliphatic carbocycles. The van der Waals surface area contributed by atoms with Gasteiger partial charge in [-0.3, -0.25) is 0 Å². The molecule has 1 aromatic heterocycles. The second-order valence-corrected chi connectivity index (χ2v) is 6.33. The molecule has 0 aliphatic rings. The monoisotopic (exact) mass is 306 g/mol. The molecule has 21 heavy (non-hydrogen) atoms. The highest BCUT2D eigenvalue weighted by atomic mass is 32.2. The molecule has 0 unspecified atom stereocenters. The molecule has 112 valence electrons. The van der Waals surface area contributed by atoms with Gasteiger partial charge in [-0.05, 0) is 26.0 Å². The predicted molar refractivity (Wildman–Crippen MR) is 81.9 cm³/mol. The molecular formula is C14H18N4O2S. The zero-order valence-electron chi connectivity index (χ0n) is 12.0. The van der Waals surface area contributed by atoms with Crippen LogP contribution in [0.4, 0.5) is 11.8 Å². The van der Waals surface area contributed by atoms with Crippen LogP contribution in [0.3, 0.4) is 0 Å². The summed E-state index contributed by atoms with van der Waals surface area (Å²) < 4.78 is 25.0. The third kappa shape index (κ3) is 2.97. The van der Waals surface area contributed by atoms with Gasteiger partial charge in [0, 0.05) is 13.1 Å². The Morgan fingerprint density at radius 3 is 2.29 bits per heavy atom. The first kappa shape index (κ1) is 15.2. The zero-order chi connectivity index (χ0) is 15.5. The van der Waals surface area contributed by atoms with Crippen molar-refractivity contribution in [3.8, 4) is 0 Å². The summed E-state index contributed by atoms with van der Waals surface area (Å²) in [6.45, 7) is 5.39. The number of nitrogens with two attached hydrogens (primary N) is 1. The second kappa shape index (κ2) is 6.09. The highest BCUT2D eigenvalue weighted by Crippen LogP contribution is 2.25. The van der Waals surface area contributed by atoms with Gasteiger partial charge in [0.15, 0.2) is 0 Å². The smallest absolute Gasteiger partial charge is 0.227 e. The zero-order valence-corrected chi connectivity index (χ0v) is 12.8. The SMILES string of the molecule is CCN(CC)c1ncc(S(=O)(=O)c2ccccc2)c(N)n1. The third-order valence-corrected chi connectivity index (χ3v) is 4.95. The van der Waals surface area contributed by atoms with Crippen molar-refractivity contribution in [1.82, 2.24) is 9.97 Å². The second-order valence-electron chi connectivity index (χ2n) is 4.41. The van der Waals surface area contributed by atoms with Crippen LogP contribution in [0.1, 0.15) is 13.8 Å². The van der Waals surface area contributed by atoms with Crippen molar-refractivity contribution in [1.29, 1.82) is 0 Å². The average Bonchev–Trinajstić information content (AvgIpc) is 2.49. The molecule has 1 heterocycles. The van der Waals surface area contributed by atoms with Gasteiger partial charge in [-0.15, -0.1) is 0 Å². The molecule has 7 heteroatoms. The lowest BCUT2D eigenvalue weighted by molar-refractivity contribution is 0.595. The highest BCUT2D eigenvalue weighted by molar-refractivity contribution is 7.91. The first-order chi connectivity index (χ1) is 10.0. The Morgan fingerprint density at radius 2 is 1.76 bits per heavy atom. The number of anilines is 2. The van der Waals surface area contributed by atoms with Crippen molar-refractivity contribution < 1.29 is 8.42 Å². The maximum atomic E-state index is 12.5. The van der Waals surface area contributed by atoms with Gasteiger partial charge in [-0.2, -0.15) is 4.98 Å². The normalized spacial score (nSPS) is 11.3. The maximum Gasteiger partial charge on any atom is 0.227 e. The van der Waals surface area contributed by atoms with E-state index >= 15 is 0 Å². The predicted octanol–water partition coefficient (Wildman–Crippen LogP) is 1.74. The minimum Gasteiger partial charge on any atom is -0.382 e. The van der Waals surface area contributed by atoms with E-state index in [2.05, 4.69) is 9.97 Å². The van der Waals surface area contributed by atoms with Crippen molar-refractivity contribution in [2.75, 3.05) is 23.7 Å². The molecule has 0 fully saturated rings. The Kier molecular flexibility index (Phi) is 4.42. The first-order valence-electron chi connectivity index (χ1n) is 6.68. The van der Waals surface area contributed by atoms with Crippen LogP contribution in [0.15, 0.2) is 46.3 Å². The molecule has 6 nitrogen and oxygen atoms in total. The van der Waals surface area contributed by atoms with Crippen LogP contribution in [-0.4, -0.2) is 31.5 Å². The van der Waals surface area contributed by atoms with E-state index in [1.54, 1.807) is 18.2 Å². The van der Waals surface area contributed by atoms with Crippen molar-refractivity contribution in [2.24, 2.45) is 0 Å². The third-order valence-electron chi connectivity index (χ3n) is 3.16. The van der Waals surface area contributed by atoms with Crippen molar-refractivity contribution >= 4 is 21.6 Å². The molecule has 0 atom stereocenters. The van der Waals surface area contributed by atoms with Gasteiger partial charge >= 0.3 is 0 Å². The van der Waals surface area contributed by atoms with E-state index < -0.39 is 9.84 Å². The summed E-state index contributed by atoms with van der Waals surface area (Å²) in [6, 6.07) is 8.12. The highest BCUT2D eigenvalue weighted by Gasteiger charge is 2.22. The molecule has 0 radical (unpaired) electrons. The van der Waals surface area contributed by atoms with E-state index in [0.29, 0.717) is 5.95 Å². The van der Waals surface area contributed by atoms with Gasteiger partial charge in [0.2, 0.25) is 15.8 Å². The Labute approximate surface area is 124 Å². The molecule has 0 spiro atoms. The lowest BCUT2D eigenvalue weighted by atomic mass is 10.4. The van der Waals surface area contributed by atoms with Crippen LogP contribution in [0.2, 0.25) is 0 Å². The summed E-state index contributed by atoms with van der Waals surface area (Å²) in [5.74, 6) is 0.403. The minimum atomic E-state index is -3.69. The van der Waals surface area contributed by atoms with Crippen molar-refractivity contribution in [3.05, 3.63) is 36.5 Å². The molecule has 0 saturated heterocycles. The van der Waals surface area contributed by atoms with Crippen LogP contribution in [0.25, 0.3) is 0 Å². The van der Waals surface area contributed by atoms with Crippen molar-refractivity contribution in [2.45, 2.75) is 23.6 Å². The van der Waals surface area contributed by atoms with E-state index in [0.717, 1.165) is 13.1 Å². The van der Waals surface area contributed by atoms with Gasteiger partial charge < -0.3 is 10.6 Å². The van der Waals surface area contributed by atoms with E-state index in [9.17, 15) is 8.42 Å². The number of nitrogens with zero attached hydrogens (tertiary/aromatic N) is 3. The fraction of sp³-hybridized carbons (Fsp3) is 0.286. The van der Waals surface area contributed by atoms with Crippen LogP contribution >= 0.6 is 0 Å². The molecule has 2 aromatic rings. The summed E-state index contributed by atoms with van der Waals surface area (Å²) in [7, 11) is -3.69. The topological polar surface area (TPSA) is 89.2 Å². The van der Waals surface area contributed by atoms with Crippen LogP contribution in [0.5, 0.6) is 0 Å². The first-order valence-corrected chi connectivity index (χ1v) is 8.16. The minimum absolute atomic E-state index is 0.0317. The van der Waals surface area contributed by atoms with E-state index in [4.69, 9.17) is 5.73 Å². The molecular weight excluding hydrogens is 288 g/mol. The van der Waals surface area contributed by atoms with Crippen LogP contribution in [0, 0.1) is 0 Å². The quantitative estimate of drug-likeness (QED) is 0.905. The molecule has 1 aromatic carbocycles. The standard InChI is InChI=1S/C14H18N4O2S/c1-3-18(4-2)14-16-10-12(13(15)17-14)21(19,20)11-8-6-5-7-9-11/h5-10H,3-4H2,1-2H3,(H2,15,16,17). The summed E-state index contributed by atoms with van der Waals surface area (Å²) in [6.07, 6.45) is 1.28. The summed E-state index contributed by atoms with van der Waals surface area (Å²) >= 11 is 0. The number of hydrogen-bond acceptors (Lipinski definition) is 6. The number of benzene rings is 1. The van der Waals surface area contributed by atoms with Crippen LogP contribution < -0.4 is 10.6 Å². The van der Waals surface area contributed by atoms with Gasteiger partial charge in [0.05, 0.1) is 11.1 Å². The number of sulfone groups is 1. The summed E-state index contributed by atoms with van der Waals surface area (Å²) in [5.41, 5.74) is 5.84. The molecule has 0 bridgehead atoms. The number of aromatic nitrogens is 2. The fourth-order valence-electron chi connectivity index (χ4n) is 1.97. The number of nitrogen functional groups attached to an aromatic ring is 1. The molecule has 0 amide bonds. The van der Waals surface area contributed by atoms with Crippen molar-refractivity contribution in [3.63, 3.8) is 0 Å². The summed E-state index contributed by atoms with van der Waals surface area (Å²) in [4.78, 5) is 10.3. The van der Waals surface area contributed by atoms with Gasteiger partial charge in [0.25, 0.3) is 0 Å². The van der Waals surface area contributed by atoms with E-state index in [1.807, 2.05) is 18.7 Å². The largest absolute Gasteiger partial charge is 0.382 e. The molecule has 0 aliphatic heterocycles. The Bertz CT molecular complexity index is 713. The molecule has 2 rings (SSSR count). The fourth-order valence-corrected chi connectivity index (χ4v) is 3.25.